The fourth-order valence-electron chi connectivity index (χ4n) is 4.49. The molecular formula is C27H34N4O4. The van der Waals surface area contributed by atoms with Crippen LogP contribution in [0.15, 0.2) is 54.6 Å². The number of amidine groups is 1. The van der Waals surface area contributed by atoms with E-state index in [0.717, 1.165) is 43.2 Å². The molecule has 5 N–H and O–H groups in total. The predicted molar refractivity (Wildman–Crippen MR) is 133 cm³/mol. The molecule has 2 aromatic rings. The molecule has 1 saturated carbocycles. The Morgan fingerprint density at radius 1 is 0.971 bits per heavy atom. The van der Waals surface area contributed by atoms with Gasteiger partial charge in [-0.05, 0) is 36.3 Å². The van der Waals surface area contributed by atoms with Crippen LogP contribution in [0.25, 0.3) is 0 Å². The SMILES string of the molecule is COC(=O)C(NC(=O)[C@@H](Cc1ccc(C(=N)N)cc1)C(=O)NCc1ccccc1)C1CCCCC1. The highest BCUT2D eigenvalue weighted by Crippen LogP contribution is 2.27. The summed E-state index contributed by atoms with van der Waals surface area (Å²) in [7, 11) is 1.31. The molecule has 3 rings (SSSR count). The second-order valence-electron chi connectivity index (χ2n) is 8.98. The summed E-state index contributed by atoms with van der Waals surface area (Å²) >= 11 is 0. The van der Waals surface area contributed by atoms with Gasteiger partial charge < -0.3 is 21.1 Å². The standard InChI is InChI=1S/C27H34N4O4/c1-35-27(34)23(20-10-6-3-7-11-20)31-26(33)22(16-18-12-14-21(15-13-18)24(28)29)25(32)30-17-19-8-4-2-5-9-19/h2,4-5,8-9,12-15,20,22-23H,3,6-7,10-11,16-17H2,1H3,(H3,28,29)(H,30,32)(H,31,33)/t22-,23?/m0/s1. The Kier molecular flexibility index (Phi) is 9.40. The Bertz CT molecular complexity index is 1020. The number of hydrogen-bond acceptors (Lipinski definition) is 5. The number of carbonyl (C=O) groups is 3. The third kappa shape index (κ3) is 7.40. The smallest absolute Gasteiger partial charge is 0.328 e. The summed E-state index contributed by atoms with van der Waals surface area (Å²) in [4.78, 5) is 39.1. The van der Waals surface area contributed by atoms with Crippen molar-refractivity contribution >= 4 is 23.6 Å². The van der Waals surface area contributed by atoms with Gasteiger partial charge in [-0.2, -0.15) is 0 Å². The van der Waals surface area contributed by atoms with E-state index in [9.17, 15) is 14.4 Å². The summed E-state index contributed by atoms with van der Waals surface area (Å²) < 4.78 is 4.98. The van der Waals surface area contributed by atoms with E-state index in [-0.39, 0.29) is 24.7 Å². The summed E-state index contributed by atoms with van der Waals surface area (Å²) in [5.41, 5.74) is 7.76. The van der Waals surface area contributed by atoms with Gasteiger partial charge in [0.1, 0.15) is 17.8 Å². The zero-order valence-electron chi connectivity index (χ0n) is 20.1. The lowest BCUT2D eigenvalue weighted by molar-refractivity contribution is -0.148. The molecule has 186 valence electrons. The van der Waals surface area contributed by atoms with E-state index in [1.165, 1.54) is 7.11 Å². The van der Waals surface area contributed by atoms with Crippen molar-refractivity contribution in [2.24, 2.45) is 17.6 Å². The lowest BCUT2D eigenvalue weighted by Gasteiger charge is -2.30. The van der Waals surface area contributed by atoms with E-state index in [2.05, 4.69) is 10.6 Å². The highest BCUT2D eigenvalue weighted by Gasteiger charge is 2.35. The number of nitrogens with one attached hydrogen (secondary N) is 3. The van der Waals surface area contributed by atoms with Gasteiger partial charge in [0.15, 0.2) is 0 Å². The first kappa shape index (κ1) is 25.9. The first-order valence-corrected chi connectivity index (χ1v) is 12.0. The van der Waals surface area contributed by atoms with Crippen molar-refractivity contribution in [1.82, 2.24) is 10.6 Å². The monoisotopic (exact) mass is 478 g/mol. The molecule has 0 radical (unpaired) electrons. The zero-order chi connectivity index (χ0) is 25.2. The molecule has 8 nitrogen and oxygen atoms in total. The molecule has 0 heterocycles. The molecule has 1 aliphatic rings. The van der Waals surface area contributed by atoms with Crippen molar-refractivity contribution in [3.05, 3.63) is 71.3 Å². The van der Waals surface area contributed by atoms with Gasteiger partial charge in [0.2, 0.25) is 11.8 Å². The molecule has 0 saturated heterocycles. The van der Waals surface area contributed by atoms with E-state index >= 15 is 0 Å². The van der Waals surface area contributed by atoms with Gasteiger partial charge in [0.05, 0.1) is 7.11 Å². The van der Waals surface area contributed by atoms with Crippen LogP contribution in [0.1, 0.15) is 48.8 Å². The molecule has 1 fully saturated rings. The van der Waals surface area contributed by atoms with Crippen molar-refractivity contribution in [2.45, 2.75) is 51.1 Å². The highest BCUT2D eigenvalue weighted by atomic mass is 16.5. The normalized spacial score (nSPS) is 15.5. The molecule has 1 unspecified atom stereocenters. The molecule has 1 aliphatic carbocycles. The van der Waals surface area contributed by atoms with Crippen molar-refractivity contribution in [1.29, 1.82) is 5.41 Å². The number of rotatable bonds is 10. The predicted octanol–water partition coefficient (Wildman–Crippen LogP) is 2.68. The van der Waals surface area contributed by atoms with Crippen LogP contribution in [-0.4, -0.2) is 36.8 Å². The van der Waals surface area contributed by atoms with Crippen LogP contribution in [0.5, 0.6) is 0 Å². The van der Waals surface area contributed by atoms with Crippen molar-refractivity contribution in [2.75, 3.05) is 7.11 Å². The van der Waals surface area contributed by atoms with E-state index in [1.807, 2.05) is 30.3 Å². The lowest BCUT2D eigenvalue weighted by atomic mass is 9.83. The maximum Gasteiger partial charge on any atom is 0.328 e. The summed E-state index contributed by atoms with van der Waals surface area (Å²) in [6.45, 7) is 0.287. The first-order chi connectivity index (χ1) is 16.9. The van der Waals surface area contributed by atoms with Crippen LogP contribution < -0.4 is 16.4 Å². The second-order valence-corrected chi connectivity index (χ2v) is 8.98. The van der Waals surface area contributed by atoms with Crippen LogP contribution >= 0.6 is 0 Å². The zero-order valence-corrected chi connectivity index (χ0v) is 20.1. The Morgan fingerprint density at radius 2 is 1.63 bits per heavy atom. The number of benzene rings is 2. The average Bonchev–Trinajstić information content (AvgIpc) is 2.89. The average molecular weight is 479 g/mol. The Hall–Kier alpha value is -3.68. The van der Waals surface area contributed by atoms with Crippen LogP contribution in [0.4, 0.5) is 0 Å². The lowest BCUT2D eigenvalue weighted by Crippen LogP contribution is -2.51. The number of nitrogens with two attached hydrogens (primary N) is 1. The van der Waals surface area contributed by atoms with Crippen LogP contribution in [0.2, 0.25) is 0 Å². The maximum absolute atomic E-state index is 13.4. The molecule has 0 aromatic heterocycles. The molecule has 2 aromatic carbocycles. The Balaban J connectivity index is 1.78. The quantitative estimate of drug-likeness (QED) is 0.180. The minimum Gasteiger partial charge on any atom is -0.467 e. The number of methoxy groups -OCH3 is 1. The van der Waals surface area contributed by atoms with E-state index in [0.29, 0.717) is 5.56 Å². The number of amides is 2. The Morgan fingerprint density at radius 3 is 2.23 bits per heavy atom. The maximum atomic E-state index is 13.4. The highest BCUT2D eigenvalue weighted by molar-refractivity contribution is 6.02. The molecule has 0 aliphatic heterocycles. The first-order valence-electron chi connectivity index (χ1n) is 12.0. The third-order valence-corrected chi connectivity index (χ3v) is 6.52. The molecule has 0 bridgehead atoms. The molecule has 0 spiro atoms. The molecular weight excluding hydrogens is 444 g/mol. The minimum atomic E-state index is -1.04. The van der Waals surface area contributed by atoms with Crippen molar-refractivity contribution in [3.63, 3.8) is 0 Å². The summed E-state index contributed by atoms with van der Waals surface area (Å²) in [6, 6.07) is 15.5. The van der Waals surface area contributed by atoms with Gasteiger partial charge in [0, 0.05) is 12.1 Å². The summed E-state index contributed by atoms with van der Waals surface area (Å²) in [6.07, 6.45) is 4.91. The summed E-state index contributed by atoms with van der Waals surface area (Å²) in [5.74, 6) is -2.53. The summed E-state index contributed by atoms with van der Waals surface area (Å²) in [5, 5.41) is 13.3. The van der Waals surface area contributed by atoms with E-state index in [1.54, 1.807) is 24.3 Å². The largest absolute Gasteiger partial charge is 0.467 e. The van der Waals surface area contributed by atoms with Crippen molar-refractivity contribution < 1.29 is 19.1 Å². The van der Waals surface area contributed by atoms with Crippen LogP contribution in [0.3, 0.4) is 0 Å². The minimum absolute atomic E-state index is 0.0111. The van der Waals surface area contributed by atoms with Crippen LogP contribution in [0, 0.1) is 17.2 Å². The number of ether oxygens (including phenoxy) is 1. The molecule has 2 atom stereocenters. The van der Waals surface area contributed by atoms with Gasteiger partial charge in [-0.1, -0.05) is 73.9 Å². The van der Waals surface area contributed by atoms with E-state index in [4.69, 9.17) is 15.9 Å². The fraction of sp³-hybridized carbons (Fsp3) is 0.407. The van der Waals surface area contributed by atoms with Gasteiger partial charge in [-0.3, -0.25) is 15.0 Å². The molecule has 2 amide bonds. The van der Waals surface area contributed by atoms with Crippen molar-refractivity contribution in [3.8, 4) is 0 Å². The van der Waals surface area contributed by atoms with Gasteiger partial charge in [-0.25, -0.2) is 4.79 Å². The van der Waals surface area contributed by atoms with E-state index < -0.39 is 29.7 Å². The molecule has 8 heteroatoms. The molecule has 35 heavy (non-hydrogen) atoms. The number of nitrogen functional groups attached to an aromatic ring is 1. The number of carbonyl (C=O) groups excluding carboxylic acids is 3. The number of hydrogen-bond donors (Lipinski definition) is 4. The van der Waals surface area contributed by atoms with Gasteiger partial charge in [-0.15, -0.1) is 0 Å². The van der Waals surface area contributed by atoms with Gasteiger partial charge >= 0.3 is 5.97 Å². The van der Waals surface area contributed by atoms with Crippen LogP contribution in [-0.2, 0) is 32.1 Å². The second kappa shape index (κ2) is 12.7. The number of esters is 1. The topological polar surface area (TPSA) is 134 Å². The Labute approximate surface area is 206 Å². The fourth-order valence-corrected chi connectivity index (χ4v) is 4.49. The third-order valence-electron chi connectivity index (χ3n) is 6.52. The van der Waals surface area contributed by atoms with Gasteiger partial charge in [0.25, 0.3) is 0 Å².